The summed E-state index contributed by atoms with van der Waals surface area (Å²) in [6, 6.07) is 0. The monoisotopic (exact) mass is 409 g/mol. The van der Waals surface area contributed by atoms with E-state index in [4.69, 9.17) is 20.3 Å². The molecule has 23 heavy (non-hydrogen) atoms. The quantitative estimate of drug-likeness (QED) is 0.396. The summed E-state index contributed by atoms with van der Waals surface area (Å²) in [5.41, 5.74) is 6.54. The summed E-state index contributed by atoms with van der Waals surface area (Å²) < 4.78 is 22.7. The van der Waals surface area contributed by atoms with Gasteiger partial charge in [-0.1, -0.05) is 0 Å². The summed E-state index contributed by atoms with van der Waals surface area (Å²) in [5.74, 6) is 0.203. The summed E-state index contributed by atoms with van der Waals surface area (Å²) in [4.78, 5) is 29.6. The van der Waals surface area contributed by atoms with Crippen molar-refractivity contribution in [3.05, 3.63) is 11.1 Å². The van der Waals surface area contributed by atoms with Crippen molar-refractivity contribution >= 4 is 40.7 Å². The van der Waals surface area contributed by atoms with Crippen molar-refractivity contribution in [3.8, 4) is 0 Å². The predicted molar refractivity (Wildman–Crippen MR) is 80.0 cm³/mol. The van der Waals surface area contributed by atoms with Gasteiger partial charge in [-0.25, -0.2) is 19.5 Å². The van der Waals surface area contributed by atoms with Crippen LogP contribution in [0.25, 0.3) is 11.2 Å². The molecule has 1 fully saturated rings. The minimum Gasteiger partial charge on any atom is -0.390 e. The van der Waals surface area contributed by atoms with Crippen molar-refractivity contribution in [1.82, 2.24) is 19.5 Å². The third-order valence-electron chi connectivity index (χ3n) is 3.36. The van der Waals surface area contributed by atoms with Gasteiger partial charge in [0.1, 0.15) is 18.7 Å². The van der Waals surface area contributed by atoms with Crippen LogP contribution in [0.5, 0.6) is 0 Å². The number of ether oxygens (including phenoxy) is 1. The van der Waals surface area contributed by atoms with E-state index < -0.39 is 32.9 Å². The largest absolute Gasteiger partial charge is 0.469 e. The van der Waals surface area contributed by atoms with E-state index >= 15 is 0 Å². The van der Waals surface area contributed by atoms with Gasteiger partial charge in [-0.05, 0) is 15.9 Å². The molecule has 126 valence electrons. The standard InChI is InChI=1S/C10H13BrN5O6P/c11-10-15-7-8(12)13-3-14-9(7)16(10)6-1-4(17)5(22-6)2-21-23(18,19)20/h3-6,17H,1-2H2,(H2,12,13,14)(H2,18,19,20). The molecule has 1 aliphatic heterocycles. The van der Waals surface area contributed by atoms with E-state index in [-0.39, 0.29) is 12.2 Å². The summed E-state index contributed by atoms with van der Waals surface area (Å²) in [7, 11) is -4.64. The van der Waals surface area contributed by atoms with Crippen molar-refractivity contribution < 1.29 is 28.7 Å². The zero-order valence-corrected chi connectivity index (χ0v) is 14.0. The summed E-state index contributed by atoms with van der Waals surface area (Å²) in [6.07, 6.45) is -1.05. The van der Waals surface area contributed by atoms with Crippen LogP contribution in [0.15, 0.2) is 11.1 Å². The van der Waals surface area contributed by atoms with Gasteiger partial charge in [0.15, 0.2) is 21.7 Å². The molecule has 11 nitrogen and oxygen atoms in total. The molecule has 0 aliphatic carbocycles. The first kappa shape index (κ1) is 16.7. The van der Waals surface area contributed by atoms with E-state index in [1.54, 1.807) is 4.57 Å². The van der Waals surface area contributed by atoms with Gasteiger partial charge in [0, 0.05) is 6.42 Å². The van der Waals surface area contributed by atoms with E-state index in [0.717, 1.165) is 0 Å². The smallest absolute Gasteiger partial charge is 0.390 e. The number of halogens is 1. The predicted octanol–water partition coefficient (Wildman–Crippen LogP) is -0.0713. The number of nitrogens with two attached hydrogens (primary N) is 1. The number of phosphoric ester groups is 1. The third-order valence-corrected chi connectivity index (χ3v) is 4.41. The first-order chi connectivity index (χ1) is 10.8. The van der Waals surface area contributed by atoms with Crippen molar-refractivity contribution in [2.75, 3.05) is 12.3 Å². The molecule has 1 saturated heterocycles. The highest BCUT2D eigenvalue weighted by atomic mass is 79.9. The summed E-state index contributed by atoms with van der Waals surface area (Å²) in [5, 5.41) is 10.0. The average molecular weight is 410 g/mol. The van der Waals surface area contributed by atoms with Gasteiger partial charge in [0.05, 0.1) is 12.7 Å². The fourth-order valence-electron chi connectivity index (χ4n) is 2.35. The number of anilines is 1. The van der Waals surface area contributed by atoms with Crippen LogP contribution >= 0.6 is 23.8 Å². The minimum atomic E-state index is -4.64. The van der Waals surface area contributed by atoms with E-state index in [9.17, 15) is 9.67 Å². The van der Waals surface area contributed by atoms with Crippen LogP contribution < -0.4 is 5.73 Å². The Kier molecular flexibility index (Phi) is 4.40. The highest BCUT2D eigenvalue weighted by molar-refractivity contribution is 9.10. The Balaban J connectivity index is 1.85. The number of hydrogen-bond acceptors (Lipinski definition) is 8. The van der Waals surface area contributed by atoms with Crippen LogP contribution in [-0.2, 0) is 13.8 Å². The van der Waals surface area contributed by atoms with Crippen LogP contribution in [0.3, 0.4) is 0 Å². The number of imidazole rings is 1. The Bertz CT molecular complexity index is 780. The number of aliphatic hydroxyl groups excluding tert-OH is 1. The van der Waals surface area contributed by atoms with E-state index in [0.29, 0.717) is 15.9 Å². The topological polar surface area (TPSA) is 166 Å². The van der Waals surface area contributed by atoms with E-state index in [1.807, 2.05) is 0 Å². The van der Waals surface area contributed by atoms with Crippen molar-refractivity contribution in [2.24, 2.45) is 0 Å². The Hall–Kier alpha value is -1.14. The Morgan fingerprint density at radius 2 is 2.26 bits per heavy atom. The average Bonchev–Trinajstić information content (AvgIpc) is 2.96. The van der Waals surface area contributed by atoms with Crippen LogP contribution in [0.2, 0.25) is 0 Å². The number of phosphoric acid groups is 1. The first-order valence-electron chi connectivity index (χ1n) is 6.44. The van der Waals surface area contributed by atoms with E-state index in [1.165, 1.54) is 6.33 Å². The maximum Gasteiger partial charge on any atom is 0.469 e. The molecule has 0 aromatic carbocycles. The Morgan fingerprint density at radius 1 is 1.52 bits per heavy atom. The number of hydrogen-bond donors (Lipinski definition) is 4. The maximum absolute atomic E-state index is 10.8. The Morgan fingerprint density at radius 3 is 2.96 bits per heavy atom. The van der Waals surface area contributed by atoms with Gasteiger partial charge in [0.25, 0.3) is 0 Å². The molecule has 3 rings (SSSR count). The lowest BCUT2D eigenvalue weighted by molar-refractivity contribution is -0.0431. The second-order valence-electron chi connectivity index (χ2n) is 4.90. The molecule has 3 atom stereocenters. The normalized spacial score (nSPS) is 25.3. The molecule has 0 bridgehead atoms. The highest BCUT2D eigenvalue weighted by Crippen LogP contribution is 2.39. The van der Waals surface area contributed by atoms with E-state index in [2.05, 4.69) is 35.4 Å². The molecule has 5 N–H and O–H groups in total. The summed E-state index contributed by atoms with van der Waals surface area (Å²) in [6.45, 7) is -0.441. The lowest BCUT2D eigenvalue weighted by Gasteiger charge is -2.16. The highest BCUT2D eigenvalue weighted by Gasteiger charge is 2.38. The molecular formula is C10H13BrN5O6P. The second kappa shape index (κ2) is 6.06. The van der Waals surface area contributed by atoms with Crippen molar-refractivity contribution in [1.29, 1.82) is 0 Å². The van der Waals surface area contributed by atoms with Crippen LogP contribution in [0, 0.1) is 0 Å². The number of rotatable bonds is 4. The zero-order valence-electron chi connectivity index (χ0n) is 11.5. The lowest BCUT2D eigenvalue weighted by Crippen LogP contribution is -2.25. The molecule has 1 aliphatic rings. The second-order valence-corrected chi connectivity index (χ2v) is 6.85. The van der Waals surface area contributed by atoms with Gasteiger partial charge in [-0.2, -0.15) is 0 Å². The molecule has 0 spiro atoms. The number of fused-ring (bicyclic) bond motifs is 1. The molecule has 2 aromatic rings. The Labute approximate surface area is 137 Å². The fourth-order valence-corrected chi connectivity index (χ4v) is 3.26. The maximum atomic E-state index is 10.8. The minimum absolute atomic E-state index is 0.170. The van der Waals surface area contributed by atoms with Gasteiger partial charge in [-0.3, -0.25) is 9.09 Å². The molecule has 0 radical (unpaired) electrons. The molecule has 0 saturated carbocycles. The molecule has 3 heterocycles. The van der Waals surface area contributed by atoms with Crippen LogP contribution in [0.4, 0.5) is 5.82 Å². The van der Waals surface area contributed by atoms with Crippen molar-refractivity contribution in [2.45, 2.75) is 24.9 Å². The van der Waals surface area contributed by atoms with Gasteiger partial charge in [-0.15, -0.1) is 0 Å². The molecular weight excluding hydrogens is 397 g/mol. The SMILES string of the molecule is Nc1ncnc2c1nc(Br)n2C1CC(O)C(COP(=O)(O)O)O1. The number of nitrogens with zero attached hydrogens (tertiary/aromatic N) is 4. The van der Waals surface area contributed by atoms with Crippen LogP contribution in [-0.4, -0.2) is 53.2 Å². The number of aromatic nitrogens is 4. The zero-order chi connectivity index (χ0) is 16.8. The third kappa shape index (κ3) is 3.38. The molecule has 2 aromatic heterocycles. The van der Waals surface area contributed by atoms with Gasteiger partial charge < -0.3 is 25.4 Å². The van der Waals surface area contributed by atoms with Gasteiger partial charge in [0.2, 0.25) is 0 Å². The molecule has 13 heteroatoms. The fraction of sp³-hybridized carbons (Fsp3) is 0.500. The van der Waals surface area contributed by atoms with Crippen LogP contribution in [0.1, 0.15) is 12.6 Å². The van der Waals surface area contributed by atoms with Crippen molar-refractivity contribution in [3.63, 3.8) is 0 Å². The molecule has 3 unspecified atom stereocenters. The first-order valence-corrected chi connectivity index (χ1v) is 8.76. The molecule has 0 amide bonds. The number of aliphatic hydroxyl groups is 1. The number of nitrogen functional groups attached to an aromatic ring is 1. The van der Waals surface area contributed by atoms with Gasteiger partial charge >= 0.3 is 7.82 Å². The lowest BCUT2D eigenvalue weighted by atomic mass is 10.2. The summed E-state index contributed by atoms with van der Waals surface area (Å²) >= 11 is 3.28.